The molecule has 6 heteroatoms. The first-order valence-corrected chi connectivity index (χ1v) is 6.48. The molecule has 2 aromatic rings. The third kappa shape index (κ3) is 3.30. The molecule has 19 heavy (non-hydrogen) atoms. The third-order valence-electron chi connectivity index (χ3n) is 2.68. The molecule has 1 aromatic heterocycles. The lowest BCUT2D eigenvalue weighted by Gasteiger charge is -2.18. The molecule has 2 rings (SSSR count). The van der Waals surface area contributed by atoms with E-state index in [1.165, 1.54) is 23.5 Å². The van der Waals surface area contributed by atoms with E-state index < -0.39 is 0 Å². The predicted molar refractivity (Wildman–Crippen MR) is 74.5 cm³/mol. The quantitative estimate of drug-likeness (QED) is 0.512. The number of rotatable bonds is 4. The number of nitrogens with one attached hydrogen (secondary N) is 1. The zero-order valence-electron chi connectivity index (χ0n) is 10.4. The number of nitrogens with zero attached hydrogens (tertiary/aromatic N) is 1. The van der Waals surface area contributed by atoms with E-state index in [4.69, 9.17) is 5.84 Å². The molecule has 0 unspecified atom stereocenters. The number of hydrogen-bond donors (Lipinski definition) is 2. The summed E-state index contributed by atoms with van der Waals surface area (Å²) in [5.41, 5.74) is 3.02. The molecule has 0 aliphatic carbocycles. The Balaban J connectivity index is 2.06. The molecular formula is C13H14FN3OS. The van der Waals surface area contributed by atoms with Gasteiger partial charge < -0.3 is 4.90 Å². The summed E-state index contributed by atoms with van der Waals surface area (Å²) in [6, 6.07) is 9.91. The lowest BCUT2D eigenvalue weighted by atomic mass is 10.3. The monoisotopic (exact) mass is 279 g/mol. The molecule has 0 aliphatic rings. The highest BCUT2D eigenvalue weighted by molar-refractivity contribution is 7.14. The molecule has 3 N–H and O–H groups in total. The molecule has 0 saturated carbocycles. The molecule has 1 heterocycles. The lowest BCUT2D eigenvalue weighted by Crippen LogP contribution is -2.29. The van der Waals surface area contributed by atoms with Gasteiger partial charge in [-0.05, 0) is 36.4 Å². The number of benzene rings is 1. The highest BCUT2D eigenvalue weighted by Crippen LogP contribution is 2.21. The van der Waals surface area contributed by atoms with Crippen molar-refractivity contribution >= 4 is 22.9 Å². The number of nitrogen functional groups attached to an aromatic ring is 1. The van der Waals surface area contributed by atoms with Crippen molar-refractivity contribution in [3.8, 4) is 0 Å². The lowest BCUT2D eigenvalue weighted by molar-refractivity contribution is 0.0957. The molecule has 1 amide bonds. The molecular weight excluding hydrogens is 265 g/mol. The van der Waals surface area contributed by atoms with Gasteiger partial charge in [-0.1, -0.05) is 0 Å². The highest BCUT2D eigenvalue weighted by atomic mass is 32.1. The number of carbonyl (C=O) groups excluding carboxylic acids is 1. The van der Waals surface area contributed by atoms with Crippen molar-refractivity contribution in [2.45, 2.75) is 6.54 Å². The van der Waals surface area contributed by atoms with E-state index >= 15 is 0 Å². The Labute approximate surface area is 114 Å². The van der Waals surface area contributed by atoms with Gasteiger partial charge in [0.25, 0.3) is 5.91 Å². The van der Waals surface area contributed by atoms with Crippen molar-refractivity contribution in [1.29, 1.82) is 0 Å². The summed E-state index contributed by atoms with van der Waals surface area (Å²) in [6.45, 7) is 0.647. The van der Waals surface area contributed by atoms with Gasteiger partial charge in [-0.2, -0.15) is 0 Å². The standard InChI is InChI=1S/C13H14FN3OS/c1-17(10-4-2-9(14)3-5-10)8-11-6-7-12(19-11)13(18)16-15/h2-7H,8,15H2,1H3,(H,16,18). The van der Waals surface area contributed by atoms with Crippen LogP contribution in [0, 0.1) is 5.82 Å². The maximum Gasteiger partial charge on any atom is 0.275 e. The summed E-state index contributed by atoms with van der Waals surface area (Å²) in [5.74, 6) is 4.54. The van der Waals surface area contributed by atoms with Crippen molar-refractivity contribution in [1.82, 2.24) is 5.43 Å². The van der Waals surface area contributed by atoms with Crippen LogP contribution in [0.1, 0.15) is 14.5 Å². The van der Waals surface area contributed by atoms with Crippen LogP contribution >= 0.6 is 11.3 Å². The highest BCUT2D eigenvalue weighted by Gasteiger charge is 2.09. The summed E-state index contributed by atoms with van der Waals surface area (Å²) in [4.78, 5) is 14.9. The van der Waals surface area contributed by atoms with Crippen molar-refractivity contribution < 1.29 is 9.18 Å². The van der Waals surface area contributed by atoms with E-state index in [2.05, 4.69) is 5.43 Å². The summed E-state index contributed by atoms with van der Waals surface area (Å²) >= 11 is 1.38. The van der Waals surface area contributed by atoms with Crippen LogP contribution < -0.4 is 16.2 Å². The number of hydrogen-bond acceptors (Lipinski definition) is 4. The Hall–Kier alpha value is -1.92. The van der Waals surface area contributed by atoms with Crippen LogP contribution in [-0.2, 0) is 6.54 Å². The molecule has 0 aliphatic heterocycles. The van der Waals surface area contributed by atoms with Crippen molar-refractivity contribution in [3.63, 3.8) is 0 Å². The van der Waals surface area contributed by atoms with Crippen molar-refractivity contribution in [2.75, 3.05) is 11.9 Å². The Bertz CT molecular complexity index is 568. The maximum absolute atomic E-state index is 12.8. The fourth-order valence-electron chi connectivity index (χ4n) is 1.68. The van der Waals surface area contributed by atoms with E-state index in [0.29, 0.717) is 11.4 Å². The number of nitrogens with two attached hydrogens (primary N) is 1. The molecule has 0 fully saturated rings. The second-order valence-corrected chi connectivity index (χ2v) is 5.24. The second kappa shape index (κ2) is 5.81. The zero-order chi connectivity index (χ0) is 13.8. The number of anilines is 1. The summed E-state index contributed by atoms with van der Waals surface area (Å²) in [6.07, 6.45) is 0. The molecule has 100 valence electrons. The summed E-state index contributed by atoms with van der Waals surface area (Å²) in [5, 5.41) is 0. The maximum atomic E-state index is 12.8. The molecule has 0 atom stereocenters. The first-order chi connectivity index (χ1) is 9.10. The number of amides is 1. The fourth-order valence-corrected chi connectivity index (χ4v) is 2.64. The Kier molecular flexibility index (Phi) is 4.13. The van der Waals surface area contributed by atoms with E-state index in [0.717, 1.165) is 10.6 Å². The SMILES string of the molecule is CN(Cc1ccc(C(=O)NN)s1)c1ccc(F)cc1. The van der Waals surface area contributed by atoms with Crippen LogP contribution in [0.25, 0.3) is 0 Å². The van der Waals surface area contributed by atoms with Gasteiger partial charge in [-0.15, -0.1) is 11.3 Å². The topological polar surface area (TPSA) is 58.4 Å². The Morgan fingerprint density at radius 1 is 1.32 bits per heavy atom. The predicted octanol–water partition coefficient (Wildman–Crippen LogP) is 2.13. The summed E-state index contributed by atoms with van der Waals surface area (Å²) < 4.78 is 12.8. The molecule has 0 radical (unpaired) electrons. The van der Waals surface area contributed by atoms with Crippen LogP contribution in [0.2, 0.25) is 0 Å². The van der Waals surface area contributed by atoms with E-state index in [1.807, 2.05) is 18.0 Å². The number of hydrazine groups is 1. The smallest absolute Gasteiger partial charge is 0.275 e. The third-order valence-corrected chi connectivity index (χ3v) is 3.75. The van der Waals surface area contributed by atoms with Gasteiger partial charge in [0.15, 0.2) is 0 Å². The Morgan fingerprint density at radius 2 is 2.00 bits per heavy atom. The van der Waals surface area contributed by atoms with Crippen LogP contribution in [0.4, 0.5) is 10.1 Å². The van der Waals surface area contributed by atoms with Gasteiger partial charge in [0.1, 0.15) is 5.82 Å². The van der Waals surface area contributed by atoms with E-state index in [1.54, 1.807) is 18.2 Å². The number of thiophene rings is 1. The largest absolute Gasteiger partial charge is 0.369 e. The fraction of sp³-hybridized carbons (Fsp3) is 0.154. The van der Waals surface area contributed by atoms with Gasteiger partial charge in [0, 0.05) is 17.6 Å². The van der Waals surface area contributed by atoms with Crippen LogP contribution in [0.15, 0.2) is 36.4 Å². The first-order valence-electron chi connectivity index (χ1n) is 5.66. The Morgan fingerprint density at radius 3 is 2.63 bits per heavy atom. The molecule has 1 aromatic carbocycles. The minimum Gasteiger partial charge on any atom is -0.369 e. The van der Waals surface area contributed by atoms with Crippen LogP contribution in [-0.4, -0.2) is 13.0 Å². The van der Waals surface area contributed by atoms with E-state index in [9.17, 15) is 9.18 Å². The normalized spacial score (nSPS) is 10.3. The first kappa shape index (κ1) is 13.5. The number of carbonyl (C=O) groups is 1. The van der Waals surface area contributed by atoms with Crippen LogP contribution in [0.5, 0.6) is 0 Å². The molecule has 4 nitrogen and oxygen atoms in total. The van der Waals surface area contributed by atoms with Gasteiger partial charge in [-0.25, -0.2) is 10.2 Å². The average molecular weight is 279 g/mol. The number of halogens is 1. The molecule has 0 spiro atoms. The van der Waals surface area contributed by atoms with Gasteiger partial charge in [-0.3, -0.25) is 10.2 Å². The van der Waals surface area contributed by atoms with Crippen LogP contribution in [0.3, 0.4) is 0 Å². The van der Waals surface area contributed by atoms with Crippen molar-refractivity contribution in [3.05, 3.63) is 52.0 Å². The summed E-state index contributed by atoms with van der Waals surface area (Å²) in [7, 11) is 1.91. The van der Waals surface area contributed by atoms with Gasteiger partial charge in [0.05, 0.1) is 11.4 Å². The average Bonchev–Trinajstić information content (AvgIpc) is 2.87. The van der Waals surface area contributed by atoms with Gasteiger partial charge in [0.2, 0.25) is 0 Å². The van der Waals surface area contributed by atoms with E-state index in [-0.39, 0.29) is 11.7 Å². The second-order valence-electron chi connectivity index (χ2n) is 4.07. The molecule has 0 saturated heterocycles. The molecule has 0 bridgehead atoms. The minimum atomic E-state index is -0.291. The van der Waals surface area contributed by atoms with Gasteiger partial charge >= 0.3 is 0 Å². The zero-order valence-corrected chi connectivity index (χ0v) is 11.2. The minimum absolute atomic E-state index is 0.254. The van der Waals surface area contributed by atoms with Crippen molar-refractivity contribution in [2.24, 2.45) is 5.84 Å².